The smallest absolute Gasteiger partial charge is 0.163 e. The molecule has 0 saturated heterocycles. The van der Waals surface area contributed by atoms with Crippen molar-refractivity contribution >= 4 is 17.4 Å². The van der Waals surface area contributed by atoms with Gasteiger partial charge in [-0.2, -0.15) is 0 Å². The van der Waals surface area contributed by atoms with Gasteiger partial charge in [-0.05, 0) is 13.0 Å². The Bertz CT molecular complexity index is 312. The van der Waals surface area contributed by atoms with Gasteiger partial charge >= 0.3 is 0 Å². The van der Waals surface area contributed by atoms with E-state index in [1.54, 1.807) is 0 Å². The molecule has 64 valence electrons. The first-order valence-electron chi connectivity index (χ1n) is 3.40. The largest absolute Gasteiger partial charge is 0.506 e. The topological polar surface area (TPSA) is 50.2 Å². The highest BCUT2D eigenvalue weighted by Crippen LogP contribution is 2.17. The fourth-order valence-corrected chi connectivity index (χ4v) is 0.993. The standard InChI is InChI=1S/C8H8ClNO2/c1-5(11)7-2-6(3-9)10-4-8(7)12/h2,4,12H,3H2,1H3. The van der Waals surface area contributed by atoms with Crippen LogP contribution in [0.3, 0.4) is 0 Å². The Labute approximate surface area is 75.0 Å². The van der Waals surface area contributed by atoms with Crippen LogP contribution in [0.5, 0.6) is 5.75 Å². The first-order chi connectivity index (χ1) is 5.65. The van der Waals surface area contributed by atoms with Gasteiger partial charge in [0.05, 0.1) is 23.3 Å². The highest BCUT2D eigenvalue weighted by molar-refractivity contribution is 6.17. The number of halogens is 1. The van der Waals surface area contributed by atoms with Gasteiger partial charge < -0.3 is 5.11 Å². The monoisotopic (exact) mass is 185 g/mol. The lowest BCUT2D eigenvalue weighted by atomic mass is 10.1. The summed E-state index contributed by atoms with van der Waals surface area (Å²) in [5.74, 6) is -0.0572. The molecular formula is C8H8ClNO2. The van der Waals surface area contributed by atoms with Gasteiger partial charge in [-0.1, -0.05) is 0 Å². The Morgan fingerprint density at radius 2 is 2.42 bits per heavy atom. The van der Waals surface area contributed by atoms with Crippen LogP contribution in [0.15, 0.2) is 12.3 Å². The second-order valence-corrected chi connectivity index (χ2v) is 2.65. The van der Waals surface area contributed by atoms with E-state index in [0.717, 1.165) is 0 Å². The van der Waals surface area contributed by atoms with E-state index in [1.807, 2.05) is 0 Å². The van der Waals surface area contributed by atoms with Crippen molar-refractivity contribution in [1.29, 1.82) is 0 Å². The van der Waals surface area contributed by atoms with Gasteiger partial charge in [0.15, 0.2) is 5.78 Å². The highest BCUT2D eigenvalue weighted by atomic mass is 35.5. The molecule has 3 nitrogen and oxygen atoms in total. The maximum atomic E-state index is 10.9. The zero-order valence-electron chi connectivity index (χ0n) is 6.54. The molecule has 0 aliphatic heterocycles. The van der Waals surface area contributed by atoms with Crippen LogP contribution in [0.25, 0.3) is 0 Å². The van der Waals surface area contributed by atoms with E-state index in [0.29, 0.717) is 5.69 Å². The van der Waals surface area contributed by atoms with E-state index in [9.17, 15) is 9.90 Å². The molecule has 0 amide bonds. The average Bonchev–Trinajstić information content (AvgIpc) is 2.05. The third-order valence-electron chi connectivity index (χ3n) is 1.46. The SMILES string of the molecule is CC(=O)c1cc(CCl)ncc1O. The van der Waals surface area contributed by atoms with Crippen molar-refractivity contribution in [2.24, 2.45) is 0 Å². The predicted octanol–water partition coefficient (Wildman–Crippen LogP) is 1.73. The van der Waals surface area contributed by atoms with Crippen LogP contribution < -0.4 is 0 Å². The molecule has 0 aromatic carbocycles. The van der Waals surface area contributed by atoms with Crippen LogP contribution in [-0.4, -0.2) is 15.9 Å². The minimum atomic E-state index is -0.193. The summed E-state index contributed by atoms with van der Waals surface area (Å²) in [6, 6.07) is 1.49. The summed E-state index contributed by atoms with van der Waals surface area (Å²) < 4.78 is 0. The van der Waals surface area contributed by atoms with E-state index in [1.165, 1.54) is 19.2 Å². The van der Waals surface area contributed by atoms with Crippen molar-refractivity contribution in [3.63, 3.8) is 0 Å². The van der Waals surface area contributed by atoms with E-state index in [2.05, 4.69) is 4.98 Å². The Kier molecular flexibility index (Phi) is 2.65. The lowest BCUT2D eigenvalue weighted by Crippen LogP contribution is -1.96. The molecule has 0 aliphatic carbocycles. The molecule has 1 rings (SSSR count). The molecule has 1 N–H and O–H groups in total. The lowest BCUT2D eigenvalue weighted by molar-refractivity contribution is 0.101. The molecule has 0 saturated carbocycles. The molecule has 1 aromatic heterocycles. The van der Waals surface area contributed by atoms with Crippen LogP contribution in [0.1, 0.15) is 23.0 Å². The second kappa shape index (κ2) is 3.54. The molecule has 0 unspecified atom stereocenters. The summed E-state index contributed by atoms with van der Waals surface area (Å²) >= 11 is 5.50. The van der Waals surface area contributed by atoms with E-state index in [4.69, 9.17) is 11.6 Å². The Morgan fingerprint density at radius 3 is 2.92 bits per heavy atom. The minimum absolute atomic E-state index is 0.101. The third kappa shape index (κ3) is 1.74. The summed E-state index contributed by atoms with van der Waals surface area (Å²) in [5.41, 5.74) is 0.848. The Hall–Kier alpha value is -1.09. The molecule has 0 radical (unpaired) electrons. The zero-order chi connectivity index (χ0) is 9.14. The number of ketones is 1. The van der Waals surface area contributed by atoms with E-state index < -0.39 is 0 Å². The summed E-state index contributed by atoms with van der Waals surface area (Å²) in [5, 5.41) is 9.17. The molecule has 12 heavy (non-hydrogen) atoms. The molecule has 0 fully saturated rings. The van der Waals surface area contributed by atoms with Gasteiger partial charge in [0, 0.05) is 0 Å². The number of hydrogen-bond acceptors (Lipinski definition) is 3. The van der Waals surface area contributed by atoms with Gasteiger partial charge in [-0.15, -0.1) is 11.6 Å². The van der Waals surface area contributed by atoms with Gasteiger partial charge in [-0.25, -0.2) is 0 Å². The Balaban J connectivity index is 3.17. The highest BCUT2D eigenvalue weighted by Gasteiger charge is 2.07. The zero-order valence-corrected chi connectivity index (χ0v) is 7.30. The summed E-state index contributed by atoms with van der Waals surface area (Å²) in [7, 11) is 0. The van der Waals surface area contributed by atoms with Crippen LogP contribution >= 0.6 is 11.6 Å². The number of aromatic nitrogens is 1. The molecule has 0 atom stereocenters. The van der Waals surface area contributed by atoms with Gasteiger partial charge in [0.1, 0.15) is 5.75 Å². The number of pyridine rings is 1. The number of carbonyl (C=O) groups is 1. The first kappa shape index (κ1) is 9.00. The number of nitrogens with zero attached hydrogens (tertiary/aromatic N) is 1. The van der Waals surface area contributed by atoms with Gasteiger partial charge in [-0.3, -0.25) is 9.78 Å². The number of hydrogen-bond donors (Lipinski definition) is 1. The van der Waals surface area contributed by atoms with E-state index >= 15 is 0 Å². The molecule has 0 bridgehead atoms. The van der Waals surface area contributed by atoms with Crippen LogP contribution in [0.2, 0.25) is 0 Å². The fraction of sp³-hybridized carbons (Fsp3) is 0.250. The van der Waals surface area contributed by atoms with Gasteiger partial charge in [0.2, 0.25) is 0 Å². The van der Waals surface area contributed by atoms with Crippen LogP contribution in [-0.2, 0) is 5.88 Å². The second-order valence-electron chi connectivity index (χ2n) is 2.38. The maximum absolute atomic E-state index is 10.9. The van der Waals surface area contributed by atoms with Gasteiger partial charge in [0.25, 0.3) is 0 Å². The summed E-state index contributed by atoms with van der Waals surface area (Å²) in [6.45, 7) is 1.38. The third-order valence-corrected chi connectivity index (χ3v) is 1.73. The molecule has 1 aromatic rings. The normalized spacial score (nSPS) is 9.83. The number of Topliss-reactive ketones (excluding diaryl/α,β-unsaturated/α-hetero) is 1. The predicted molar refractivity (Wildman–Crippen MR) is 45.5 cm³/mol. The molecule has 0 spiro atoms. The maximum Gasteiger partial charge on any atom is 0.163 e. The van der Waals surface area contributed by atoms with Crippen molar-refractivity contribution < 1.29 is 9.90 Å². The summed E-state index contributed by atoms with van der Waals surface area (Å²) in [4.78, 5) is 14.7. The van der Waals surface area contributed by atoms with Crippen LogP contribution in [0, 0.1) is 0 Å². The molecule has 4 heteroatoms. The first-order valence-corrected chi connectivity index (χ1v) is 3.93. The molecular weight excluding hydrogens is 178 g/mol. The van der Waals surface area contributed by atoms with E-state index in [-0.39, 0.29) is 23.0 Å². The van der Waals surface area contributed by atoms with Crippen molar-refractivity contribution in [3.05, 3.63) is 23.5 Å². The average molecular weight is 186 g/mol. The van der Waals surface area contributed by atoms with Crippen molar-refractivity contribution in [3.8, 4) is 5.75 Å². The quantitative estimate of drug-likeness (QED) is 0.564. The molecule has 0 aliphatic rings. The lowest BCUT2D eigenvalue weighted by Gasteiger charge is -2.00. The van der Waals surface area contributed by atoms with Crippen molar-refractivity contribution in [2.75, 3.05) is 0 Å². The molecule has 1 heterocycles. The van der Waals surface area contributed by atoms with Crippen molar-refractivity contribution in [2.45, 2.75) is 12.8 Å². The number of carbonyl (C=O) groups excluding carboxylic acids is 1. The number of alkyl halides is 1. The fourth-order valence-electron chi connectivity index (χ4n) is 0.846. The summed E-state index contributed by atoms with van der Waals surface area (Å²) in [6.07, 6.45) is 1.23. The van der Waals surface area contributed by atoms with Crippen molar-refractivity contribution in [1.82, 2.24) is 4.98 Å². The van der Waals surface area contributed by atoms with Crippen LogP contribution in [0.4, 0.5) is 0 Å². The minimum Gasteiger partial charge on any atom is -0.506 e. The number of rotatable bonds is 2. The number of aromatic hydroxyl groups is 1. The Morgan fingerprint density at radius 1 is 1.75 bits per heavy atom.